The summed E-state index contributed by atoms with van der Waals surface area (Å²) in [6.45, 7) is 3.33. The molecule has 1 aliphatic rings. The lowest BCUT2D eigenvalue weighted by atomic mass is 9.84. The van der Waals surface area contributed by atoms with Crippen molar-refractivity contribution in [3.63, 3.8) is 0 Å². The number of pyridine rings is 1. The van der Waals surface area contributed by atoms with Crippen LogP contribution in [0.4, 0.5) is 18.9 Å². The molecule has 1 saturated heterocycles. The van der Waals surface area contributed by atoms with Gasteiger partial charge in [-0.1, -0.05) is 6.07 Å². The van der Waals surface area contributed by atoms with Gasteiger partial charge in [-0.15, -0.1) is 0 Å². The van der Waals surface area contributed by atoms with Crippen molar-refractivity contribution in [3.05, 3.63) is 65.4 Å². The number of rotatable bonds is 5. The minimum atomic E-state index is -1.46. The summed E-state index contributed by atoms with van der Waals surface area (Å²) in [7, 11) is 1.69. The molecule has 5 N–H and O–H groups in total. The van der Waals surface area contributed by atoms with Crippen LogP contribution in [0, 0.1) is 17.5 Å². The first-order valence-electron chi connectivity index (χ1n) is 10.7. The van der Waals surface area contributed by atoms with Crippen LogP contribution >= 0.6 is 0 Å². The summed E-state index contributed by atoms with van der Waals surface area (Å²) in [6, 6.07) is 4.77. The second kappa shape index (κ2) is 8.99. The first-order chi connectivity index (χ1) is 16.0. The van der Waals surface area contributed by atoms with Crippen LogP contribution in [0.1, 0.15) is 44.0 Å². The van der Waals surface area contributed by atoms with Gasteiger partial charge in [0.25, 0.3) is 0 Å². The molecule has 1 unspecified atom stereocenters. The molecule has 5 atom stereocenters. The van der Waals surface area contributed by atoms with E-state index in [4.69, 9.17) is 10.5 Å². The van der Waals surface area contributed by atoms with E-state index < -0.39 is 58.8 Å². The van der Waals surface area contributed by atoms with E-state index in [9.17, 15) is 23.4 Å². The van der Waals surface area contributed by atoms with Gasteiger partial charge in [0, 0.05) is 13.1 Å². The Morgan fingerprint density at radius 2 is 1.88 bits per heavy atom. The second-order valence-corrected chi connectivity index (χ2v) is 8.61. The minimum Gasteiger partial charge on any atom is -0.386 e. The van der Waals surface area contributed by atoms with Gasteiger partial charge in [0.2, 0.25) is 0 Å². The number of aromatic nitrogens is 3. The highest BCUT2D eigenvalue weighted by atomic mass is 19.1. The summed E-state index contributed by atoms with van der Waals surface area (Å²) in [6.07, 6.45) is -0.795. The number of nitrogens with two attached hydrogens (primary N) is 1. The monoisotopic (exact) mass is 477 g/mol. The van der Waals surface area contributed by atoms with E-state index in [1.54, 1.807) is 25.6 Å². The zero-order chi connectivity index (χ0) is 24.8. The van der Waals surface area contributed by atoms with Gasteiger partial charge in [0.15, 0.2) is 6.23 Å². The van der Waals surface area contributed by atoms with Crippen molar-refractivity contribution in [2.24, 2.45) is 12.8 Å². The summed E-state index contributed by atoms with van der Waals surface area (Å²) in [5.41, 5.74) is 4.68. The van der Waals surface area contributed by atoms with Crippen molar-refractivity contribution in [1.29, 1.82) is 0 Å². The molecule has 0 bridgehead atoms. The Morgan fingerprint density at radius 1 is 1.21 bits per heavy atom. The molecule has 2 aromatic heterocycles. The molecule has 1 aliphatic heterocycles. The predicted molar refractivity (Wildman–Crippen MR) is 118 cm³/mol. The Balaban J connectivity index is 1.62. The number of aryl methyl sites for hydroxylation is 1. The zero-order valence-electron chi connectivity index (χ0n) is 18.8. The third kappa shape index (κ3) is 4.27. The highest BCUT2D eigenvalue weighted by Crippen LogP contribution is 2.39. The van der Waals surface area contributed by atoms with Gasteiger partial charge < -0.3 is 26.0 Å². The van der Waals surface area contributed by atoms with Crippen LogP contribution in [0.15, 0.2) is 36.5 Å². The van der Waals surface area contributed by atoms with E-state index in [1.165, 1.54) is 12.3 Å². The highest BCUT2D eigenvalue weighted by molar-refractivity contribution is 5.62. The fraction of sp³-hybridized carbons (Fsp3) is 0.391. The predicted octanol–water partition coefficient (Wildman–Crippen LogP) is 2.93. The number of benzene rings is 1. The number of anilines is 1. The van der Waals surface area contributed by atoms with E-state index >= 15 is 0 Å². The fourth-order valence-corrected chi connectivity index (χ4v) is 4.06. The van der Waals surface area contributed by atoms with E-state index in [2.05, 4.69) is 15.4 Å². The van der Waals surface area contributed by atoms with Gasteiger partial charge in [0.1, 0.15) is 34.9 Å². The van der Waals surface area contributed by atoms with Crippen molar-refractivity contribution in [1.82, 2.24) is 14.8 Å². The maximum Gasteiger partial charge on any atom is 0.168 e. The highest BCUT2D eigenvalue weighted by Gasteiger charge is 2.44. The smallest absolute Gasteiger partial charge is 0.168 e. The molecule has 0 amide bonds. The molecule has 1 fully saturated rings. The summed E-state index contributed by atoms with van der Waals surface area (Å²) in [5, 5.41) is 28.3. The van der Waals surface area contributed by atoms with Gasteiger partial charge >= 0.3 is 0 Å². The van der Waals surface area contributed by atoms with Crippen LogP contribution in [0.25, 0.3) is 11.3 Å². The Morgan fingerprint density at radius 3 is 2.53 bits per heavy atom. The Kier molecular flexibility index (Phi) is 6.38. The molecule has 0 aliphatic carbocycles. The first kappa shape index (κ1) is 24.1. The lowest BCUT2D eigenvalue weighted by molar-refractivity contribution is -0.172. The Bertz CT molecular complexity index is 1170. The molecule has 0 radical (unpaired) electrons. The lowest BCUT2D eigenvalue weighted by Crippen LogP contribution is -2.58. The molecule has 11 heteroatoms. The molecule has 8 nitrogen and oxygen atoms in total. The van der Waals surface area contributed by atoms with Gasteiger partial charge in [-0.3, -0.25) is 4.68 Å². The zero-order valence-corrected chi connectivity index (χ0v) is 18.8. The molecule has 182 valence electrons. The number of nitrogens with one attached hydrogen (secondary N) is 1. The van der Waals surface area contributed by atoms with Crippen molar-refractivity contribution >= 4 is 5.69 Å². The Hall–Kier alpha value is -2.99. The van der Waals surface area contributed by atoms with Crippen LogP contribution in [0.3, 0.4) is 0 Å². The van der Waals surface area contributed by atoms with Gasteiger partial charge in [0.05, 0.1) is 34.9 Å². The molecular weight excluding hydrogens is 451 g/mol. The van der Waals surface area contributed by atoms with E-state index in [1.807, 2.05) is 0 Å². The van der Waals surface area contributed by atoms with E-state index in [-0.39, 0.29) is 5.69 Å². The number of aliphatic hydroxyl groups is 2. The van der Waals surface area contributed by atoms with Gasteiger partial charge in [-0.25, -0.2) is 18.2 Å². The van der Waals surface area contributed by atoms with Crippen LogP contribution in [-0.4, -0.2) is 42.7 Å². The first-order valence-corrected chi connectivity index (χ1v) is 10.7. The maximum absolute atomic E-state index is 14.4. The van der Waals surface area contributed by atoms with Crippen molar-refractivity contribution < 1.29 is 28.1 Å². The second-order valence-electron chi connectivity index (χ2n) is 8.61. The quantitative estimate of drug-likeness (QED) is 0.417. The van der Waals surface area contributed by atoms with E-state index in [0.717, 1.165) is 24.3 Å². The van der Waals surface area contributed by atoms with Crippen LogP contribution in [0.5, 0.6) is 0 Å². The average Bonchev–Trinajstić information content (AvgIpc) is 3.13. The maximum atomic E-state index is 14.4. The number of halogens is 3. The third-order valence-electron chi connectivity index (χ3n) is 6.34. The number of aliphatic hydroxyl groups excluding tert-OH is 1. The lowest BCUT2D eigenvalue weighted by Gasteiger charge is -2.43. The van der Waals surface area contributed by atoms with Gasteiger partial charge in [-0.05, 0) is 44.5 Å². The Labute approximate surface area is 194 Å². The minimum absolute atomic E-state index is 0.0635. The SMILES string of the molecule is C[C@H]1O[C@@H](c2c(NC(O)c3ccc(F)c(-c4c(F)cccc4F)n3)cnn2C)C[C@@H](N)[C@]1(C)O. The van der Waals surface area contributed by atoms with Crippen molar-refractivity contribution in [2.45, 2.75) is 50.3 Å². The third-order valence-corrected chi connectivity index (χ3v) is 6.34. The largest absolute Gasteiger partial charge is 0.386 e. The van der Waals surface area contributed by atoms with Crippen LogP contribution < -0.4 is 11.1 Å². The molecular formula is C23H26F3N5O3. The molecule has 1 aromatic carbocycles. The van der Waals surface area contributed by atoms with Crippen molar-refractivity contribution in [3.8, 4) is 11.3 Å². The standard InChI is InChI=1S/C23H26F3N5O3/c1-11-23(2,33)18(27)9-17(34-11)21-16(10-28-31(21)3)30-22(32)15-8-7-14(26)20(29-15)19-12(24)5-4-6-13(19)25/h4-8,10-11,17-18,22,30,32-33H,9,27H2,1-3H3/t11-,17-,18-,22?,23-/m1/s1. The fourth-order valence-electron chi connectivity index (χ4n) is 4.06. The summed E-state index contributed by atoms with van der Waals surface area (Å²) < 4.78 is 50.3. The van der Waals surface area contributed by atoms with Crippen molar-refractivity contribution in [2.75, 3.05) is 5.32 Å². The molecule has 0 spiro atoms. The number of nitrogens with zero attached hydrogens (tertiary/aromatic N) is 3. The summed E-state index contributed by atoms with van der Waals surface area (Å²) in [4.78, 5) is 3.97. The van der Waals surface area contributed by atoms with Gasteiger partial charge in [-0.2, -0.15) is 5.10 Å². The average molecular weight is 477 g/mol. The molecule has 4 rings (SSSR count). The number of hydrogen-bond acceptors (Lipinski definition) is 7. The van der Waals surface area contributed by atoms with Crippen LogP contribution in [-0.2, 0) is 11.8 Å². The topological polar surface area (TPSA) is 118 Å². The van der Waals surface area contributed by atoms with Crippen LogP contribution in [0.2, 0.25) is 0 Å². The molecule has 34 heavy (non-hydrogen) atoms. The normalized spacial score (nSPS) is 25.9. The number of hydrogen-bond donors (Lipinski definition) is 4. The molecule has 3 aromatic rings. The molecule has 0 saturated carbocycles. The van der Waals surface area contributed by atoms with E-state index in [0.29, 0.717) is 17.8 Å². The molecule has 3 heterocycles. The summed E-state index contributed by atoms with van der Waals surface area (Å²) >= 11 is 0. The number of ether oxygens (including phenoxy) is 1. The summed E-state index contributed by atoms with van der Waals surface area (Å²) in [5.74, 6) is -2.89.